The zero-order valence-electron chi connectivity index (χ0n) is 17.3. The van der Waals surface area contributed by atoms with E-state index in [-0.39, 0.29) is 18.3 Å². The zero-order valence-corrected chi connectivity index (χ0v) is 17.3. The van der Waals surface area contributed by atoms with Crippen LogP contribution in [-0.4, -0.2) is 21.0 Å². The molecule has 0 unspecified atom stereocenters. The molecule has 4 aromatic rings. The predicted molar refractivity (Wildman–Crippen MR) is 114 cm³/mol. The highest BCUT2D eigenvalue weighted by atomic mass is 16.5. The van der Waals surface area contributed by atoms with Crippen LogP contribution >= 0.6 is 0 Å². The molecule has 2 aromatic carbocycles. The van der Waals surface area contributed by atoms with Gasteiger partial charge in [-0.3, -0.25) is 4.79 Å². The molecule has 4 rings (SSSR count). The molecule has 2 heterocycles. The number of rotatable bonds is 5. The Hall–Kier alpha value is -3.74. The van der Waals surface area contributed by atoms with Crippen LogP contribution in [0.5, 0.6) is 11.8 Å². The summed E-state index contributed by atoms with van der Waals surface area (Å²) in [4.78, 5) is 21.1. The molecule has 1 amide bonds. The van der Waals surface area contributed by atoms with Gasteiger partial charge in [-0.15, -0.1) is 0 Å². The van der Waals surface area contributed by atoms with Crippen LogP contribution in [0.4, 0.5) is 5.69 Å². The third kappa shape index (κ3) is 4.30. The second kappa shape index (κ2) is 7.94. The molecule has 30 heavy (non-hydrogen) atoms. The Balaban J connectivity index is 1.47. The maximum atomic E-state index is 12.6. The van der Waals surface area contributed by atoms with E-state index in [9.17, 15) is 4.79 Å². The van der Waals surface area contributed by atoms with Gasteiger partial charge in [0.15, 0.2) is 5.58 Å². The Morgan fingerprint density at radius 2 is 1.73 bits per heavy atom. The van der Waals surface area contributed by atoms with E-state index in [2.05, 4.69) is 20.4 Å². The molecule has 0 aliphatic heterocycles. The van der Waals surface area contributed by atoms with Gasteiger partial charge in [0.1, 0.15) is 11.4 Å². The number of fused-ring (bicyclic) bond motifs is 1. The number of nitrogens with one attached hydrogen (secondary N) is 1. The topological polar surface area (TPSA) is 90.1 Å². The lowest BCUT2D eigenvalue weighted by Crippen LogP contribution is -2.14. The van der Waals surface area contributed by atoms with Crippen LogP contribution in [-0.2, 0) is 11.2 Å². The minimum Gasteiger partial charge on any atom is -0.424 e. The molecule has 0 aliphatic rings. The quantitative estimate of drug-likeness (QED) is 0.514. The number of carbonyl (C=O) groups is 1. The number of amides is 1. The van der Waals surface area contributed by atoms with Gasteiger partial charge in [-0.2, -0.15) is 0 Å². The molecule has 0 spiro atoms. The minimum atomic E-state index is -0.191. The lowest BCUT2D eigenvalue weighted by Gasteiger charge is -2.08. The molecule has 0 aliphatic carbocycles. The molecule has 7 heteroatoms. The summed E-state index contributed by atoms with van der Waals surface area (Å²) < 4.78 is 11.1. The van der Waals surface area contributed by atoms with Crippen molar-refractivity contribution in [3.63, 3.8) is 0 Å². The average Bonchev–Trinajstić information content (AvgIpc) is 3.03. The van der Waals surface area contributed by atoms with E-state index in [1.54, 1.807) is 24.3 Å². The van der Waals surface area contributed by atoms with Gasteiger partial charge < -0.3 is 14.6 Å². The van der Waals surface area contributed by atoms with Crippen LogP contribution in [0.15, 0.2) is 47.0 Å². The number of nitrogens with zero attached hydrogens (tertiary/aromatic N) is 3. The van der Waals surface area contributed by atoms with Crippen molar-refractivity contribution in [3.8, 4) is 11.8 Å². The summed E-state index contributed by atoms with van der Waals surface area (Å²) in [6, 6.07) is 13.2. The molecular formula is C23H22N4O3. The fraction of sp³-hybridized carbons (Fsp3) is 0.217. The van der Waals surface area contributed by atoms with E-state index >= 15 is 0 Å². The molecule has 152 valence electrons. The number of hydrogen-bond donors (Lipinski definition) is 1. The first-order valence-electron chi connectivity index (χ1n) is 9.63. The van der Waals surface area contributed by atoms with Crippen LogP contribution < -0.4 is 10.1 Å². The molecule has 0 atom stereocenters. The number of aromatic nitrogens is 3. The van der Waals surface area contributed by atoms with Gasteiger partial charge in [0.05, 0.1) is 6.42 Å². The highest BCUT2D eigenvalue weighted by molar-refractivity contribution is 5.95. The summed E-state index contributed by atoms with van der Waals surface area (Å²) in [6.45, 7) is 7.81. The zero-order chi connectivity index (χ0) is 21.3. The monoisotopic (exact) mass is 402 g/mol. The number of anilines is 1. The van der Waals surface area contributed by atoms with Crippen LogP contribution in [0, 0.1) is 27.7 Å². The molecule has 1 N–H and O–H groups in total. The highest BCUT2D eigenvalue weighted by Crippen LogP contribution is 2.25. The number of hydrogen-bond acceptors (Lipinski definition) is 6. The first-order valence-corrected chi connectivity index (χ1v) is 9.63. The first-order chi connectivity index (χ1) is 14.4. The Kier molecular flexibility index (Phi) is 5.18. The van der Waals surface area contributed by atoms with E-state index in [1.807, 2.05) is 45.9 Å². The van der Waals surface area contributed by atoms with Crippen molar-refractivity contribution in [1.29, 1.82) is 0 Å². The van der Waals surface area contributed by atoms with Gasteiger partial charge in [-0.1, -0.05) is 11.2 Å². The normalized spacial score (nSPS) is 10.9. The van der Waals surface area contributed by atoms with Gasteiger partial charge in [-0.25, -0.2) is 9.97 Å². The van der Waals surface area contributed by atoms with E-state index < -0.39 is 0 Å². The van der Waals surface area contributed by atoms with Crippen molar-refractivity contribution in [3.05, 3.63) is 70.7 Å². The van der Waals surface area contributed by atoms with E-state index in [1.165, 1.54) is 0 Å². The predicted octanol–water partition coefficient (Wildman–Crippen LogP) is 4.82. The Morgan fingerprint density at radius 1 is 1.00 bits per heavy atom. The van der Waals surface area contributed by atoms with Crippen LogP contribution in [0.2, 0.25) is 0 Å². The van der Waals surface area contributed by atoms with Crippen LogP contribution in [0.1, 0.15) is 28.2 Å². The minimum absolute atomic E-state index is 0.112. The van der Waals surface area contributed by atoms with Crippen molar-refractivity contribution in [2.45, 2.75) is 34.1 Å². The number of carbonyl (C=O) groups excluding carboxylic acids is 1. The third-order valence-electron chi connectivity index (χ3n) is 4.78. The first kappa shape index (κ1) is 19.6. The lowest BCUT2D eigenvalue weighted by molar-refractivity contribution is -0.115. The van der Waals surface area contributed by atoms with Crippen molar-refractivity contribution in [1.82, 2.24) is 15.1 Å². The summed E-state index contributed by atoms with van der Waals surface area (Å²) in [5.41, 5.74) is 5.82. The van der Waals surface area contributed by atoms with Gasteiger partial charge in [0.2, 0.25) is 5.91 Å². The Morgan fingerprint density at radius 3 is 2.50 bits per heavy atom. The van der Waals surface area contributed by atoms with Gasteiger partial charge >= 0.3 is 6.01 Å². The van der Waals surface area contributed by atoms with Crippen LogP contribution in [0.25, 0.3) is 11.0 Å². The molecule has 0 fully saturated rings. The summed E-state index contributed by atoms with van der Waals surface area (Å²) in [5, 5.41) is 7.81. The largest absolute Gasteiger partial charge is 0.424 e. The maximum absolute atomic E-state index is 12.6. The average molecular weight is 402 g/mol. The molecule has 0 bridgehead atoms. The maximum Gasteiger partial charge on any atom is 0.322 e. The fourth-order valence-corrected chi connectivity index (χ4v) is 3.21. The van der Waals surface area contributed by atoms with Gasteiger partial charge in [0.25, 0.3) is 0 Å². The van der Waals surface area contributed by atoms with Crippen molar-refractivity contribution in [2.75, 3.05) is 5.32 Å². The Labute approximate surface area is 174 Å². The van der Waals surface area contributed by atoms with E-state index in [4.69, 9.17) is 9.26 Å². The molecule has 0 saturated heterocycles. The molecule has 0 saturated carbocycles. The van der Waals surface area contributed by atoms with Crippen molar-refractivity contribution in [2.24, 2.45) is 0 Å². The van der Waals surface area contributed by atoms with Gasteiger partial charge in [0, 0.05) is 28.5 Å². The number of benzene rings is 2. The summed E-state index contributed by atoms with van der Waals surface area (Å²) in [6.07, 6.45) is 0.112. The smallest absolute Gasteiger partial charge is 0.322 e. The lowest BCUT2D eigenvalue weighted by atomic mass is 10.1. The van der Waals surface area contributed by atoms with Crippen molar-refractivity contribution < 1.29 is 14.1 Å². The van der Waals surface area contributed by atoms with Crippen molar-refractivity contribution >= 4 is 22.6 Å². The number of aryl methyl sites for hydroxylation is 4. The molecular weight excluding hydrogens is 380 g/mol. The SMILES string of the molecule is Cc1cc(C)nc(Oc2cccc(NC(=O)Cc3noc4cc(C)c(C)cc34)c2)n1. The molecule has 2 aromatic heterocycles. The van der Waals surface area contributed by atoms with Gasteiger partial charge in [-0.05, 0) is 69.2 Å². The summed E-state index contributed by atoms with van der Waals surface area (Å²) in [5.74, 6) is 0.346. The standard InChI is InChI=1S/C23H22N4O3/c1-13-8-19-20(27-30-21(19)9-14(13)2)12-22(28)26-17-6-5-7-18(11-17)29-23-24-15(3)10-16(4)25-23/h5-11H,12H2,1-4H3,(H,26,28). The van der Waals surface area contributed by atoms with E-state index in [0.717, 1.165) is 27.9 Å². The summed E-state index contributed by atoms with van der Waals surface area (Å²) in [7, 11) is 0. The molecule has 0 radical (unpaired) electrons. The second-order valence-electron chi connectivity index (χ2n) is 7.35. The number of ether oxygens (including phenoxy) is 1. The Bertz CT molecular complexity index is 1230. The fourth-order valence-electron chi connectivity index (χ4n) is 3.21. The third-order valence-corrected chi connectivity index (χ3v) is 4.78. The molecule has 7 nitrogen and oxygen atoms in total. The summed E-state index contributed by atoms with van der Waals surface area (Å²) >= 11 is 0. The van der Waals surface area contributed by atoms with Crippen LogP contribution in [0.3, 0.4) is 0 Å². The highest BCUT2D eigenvalue weighted by Gasteiger charge is 2.14. The second-order valence-corrected chi connectivity index (χ2v) is 7.35. The van der Waals surface area contributed by atoms with E-state index in [0.29, 0.717) is 22.7 Å².